The van der Waals surface area contributed by atoms with Gasteiger partial charge in [-0.25, -0.2) is 10.4 Å². The predicted octanol–water partition coefficient (Wildman–Crippen LogP) is 2.94. The van der Waals surface area contributed by atoms with E-state index in [1.165, 1.54) is 0 Å². The van der Waals surface area contributed by atoms with Crippen LogP contribution in [0.4, 0.5) is 0 Å². The smallest absolute Gasteiger partial charge is 0.234 e. The van der Waals surface area contributed by atoms with Crippen LogP contribution in [0.25, 0.3) is 22.4 Å². The zero-order valence-corrected chi connectivity index (χ0v) is 14.2. The molecule has 6 heteroatoms. The van der Waals surface area contributed by atoms with Crippen molar-refractivity contribution >= 4 is 16.9 Å². The summed E-state index contributed by atoms with van der Waals surface area (Å²) in [7, 11) is 1.65. The van der Waals surface area contributed by atoms with Crippen LogP contribution in [-0.4, -0.2) is 23.0 Å². The molecular formula is C19H20N4O2. The van der Waals surface area contributed by atoms with Crippen molar-refractivity contribution in [1.82, 2.24) is 20.8 Å². The molecule has 1 aliphatic heterocycles. The molecule has 1 fully saturated rings. The number of rotatable bonds is 3. The van der Waals surface area contributed by atoms with Crippen LogP contribution in [0.3, 0.4) is 0 Å². The van der Waals surface area contributed by atoms with Gasteiger partial charge in [0.1, 0.15) is 11.6 Å². The first-order chi connectivity index (χ1) is 12.1. The van der Waals surface area contributed by atoms with Gasteiger partial charge in [0.15, 0.2) is 0 Å². The second kappa shape index (κ2) is 6.22. The molecule has 1 aromatic heterocycles. The number of hydrogen-bond acceptors (Lipinski definition) is 4. The van der Waals surface area contributed by atoms with Gasteiger partial charge in [0.25, 0.3) is 0 Å². The first kappa shape index (κ1) is 15.7. The molecule has 4 rings (SSSR count). The highest BCUT2D eigenvalue weighted by molar-refractivity contribution is 5.80. The number of carbonyl (C=O) groups is 1. The van der Waals surface area contributed by atoms with Gasteiger partial charge >= 0.3 is 0 Å². The Morgan fingerprint density at radius 1 is 1.16 bits per heavy atom. The Labute approximate surface area is 145 Å². The molecule has 1 amide bonds. The Balaban J connectivity index is 1.66. The maximum absolute atomic E-state index is 11.5. The van der Waals surface area contributed by atoms with Gasteiger partial charge in [-0.15, -0.1) is 0 Å². The Bertz CT molecular complexity index is 917. The number of amides is 1. The Morgan fingerprint density at radius 2 is 1.96 bits per heavy atom. The van der Waals surface area contributed by atoms with Crippen molar-refractivity contribution in [2.45, 2.75) is 19.4 Å². The van der Waals surface area contributed by atoms with E-state index >= 15 is 0 Å². The number of carbonyl (C=O) groups excluding carboxylic acids is 1. The van der Waals surface area contributed by atoms with Gasteiger partial charge < -0.3 is 9.72 Å². The average Bonchev–Trinajstić information content (AvgIpc) is 3.05. The van der Waals surface area contributed by atoms with E-state index in [1.807, 2.05) is 30.3 Å². The van der Waals surface area contributed by atoms with Gasteiger partial charge in [-0.3, -0.25) is 10.2 Å². The van der Waals surface area contributed by atoms with Crippen LogP contribution in [0.5, 0.6) is 5.75 Å². The highest BCUT2D eigenvalue weighted by atomic mass is 16.5. The number of aromatic amines is 1. The molecule has 128 valence electrons. The third-order valence-electron chi connectivity index (χ3n) is 4.67. The maximum atomic E-state index is 11.5. The number of methoxy groups -OCH3 is 1. The number of fused-ring (bicyclic) bond motifs is 1. The molecule has 6 nitrogen and oxygen atoms in total. The van der Waals surface area contributed by atoms with E-state index in [4.69, 9.17) is 4.74 Å². The largest absolute Gasteiger partial charge is 0.497 e. The lowest BCUT2D eigenvalue weighted by atomic mass is 9.90. The first-order valence-electron chi connectivity index (χ1n) is 8.32. The number of hydrogen-bond donors (Lipinski definition) is 3. The summed E-state index contributed by atoms with van der Waals surface area (Å²) in [5, 5.41) is 0. The number of ether oxygens (including phenoxy) is 1. The summed E-state index contributed by atoms with van der Waals surface area (Å²) in [5.74, 6) is 1.91. The summed E-state index contributed by atoms with van der Waals surface area (Å²) in [5.41, 5.74) is 9.87. The highest BCUT2D eigenvalue weighted by Gasteiger charge is 2.26. The minimum Gasteiger partial charge on any atom is -0.497 e. The predicted molar refractivity (Wildman–Crippen MR) is 95.9 cm³/mol. The van der Waals surface area contributed by atoms with Gasteiger partial charge in [-0.05, 0) is 47.9 Å². The van der Waals surface area contributed by atoms with Gasteiger partial charge in [0.05, 0.1) is 24.2 Å². The second-order valence-corrected chi connectivity index (χ2v) is 6.44. The molecule has 1 aliphatic rings. The number of imidazole rings is 1. The normalized spacial score (nSPS) is 20.5. The van der Waals surface area contributed by atoms with E-state index in [0.717, 1.165) is 33.7 Å². The third kappa shape index (κ3) is 2.96. The molecule has 2 atom stereocenters. The Hall–Kier alpha value is -2.86. The minimum absolute atomic E-state index is 0.0353. The fourth-order valence-electron chi connectivity index (χ4n) is 3.28. The standard InChI is InChI=1S/C19H20N4O2/c1-11-9-17(24)22-23-18(11)13-5-8-15-16(10-13)21-19(20-15)12-3-6-14(25-2)7-4-12/h3-8,10-11,18,23H,9H2,1-2H3,(H,20,21)(H,22,24). The van der Waals surface area contributed by atoms with Crippen LogP contribution < -0.4 is 15.6 Å². The van der Waals surface area contributed by atoms with Crippen LogP contribution in [-0.2, 0) is 4.79 Å². The SMILES string of the molecule is COc1ccc(-c2nc3ccc(C4NNC(=O)CC4C)cc3[nH]2)cc1. The molecule has 0 aliphatic carbocycles. The molecule has 3 N–H and O–H groups in total. The van der Waals surface area contributed by atoms with Crippen LogP contribution in [0.15, 0.2) is 42.5 Å². The van der Waals surface area contributed by atoms with E-state index in [0.29, 0.717) is 6.42 Å². The quantitative estimate of drug-likeness (QED) is 0.687. The molecule has 1 saturated heterocycles. The summed E-state index contributed by atoms with van der Waals surface area (Å²) in [4.78, 5) is 19.5. The zero-order valence-electron chi connectivity index (χ0n) is 14.2. The van der Waals surface area contributed by atoms with Crippen molar-refractivity contribution in [3.8, 4) is 17.1 Å². The summed E-state index contributed by atoms with van der Waals surface area (Å²) in [6.07, 6.45) is 0.524. The number of H-pyrrole nitrogens is 1. The Kier molecular flexibility index (Phi) is 3.89. The van der Waals surface area contributed by atoms with Gasteiger partial charge in [0, 0.05) is 12.0 Å². The van der Waals surface area contributed by atoms with Crippen molar-refractivity contribution in [1.29, 1.82) is 0 Å². The number of benzene rings is 2. The summed E-state index contributed by atoms with van der Waals surface area (Å²) < 4.78 is 5.20. The fraction of sp³-hybridized carbons (Fsp3) is 0.263. The lowest BCUT2D eigenvalue weighted by Crippen LogP contribution is -2.48. The number of hydrazine groups is 1. The fourth-order valence-corrected chi connectivity index (χ4v) is 3.28. The molecule has 0 radical (unpaired) electrons. The summed E-state index contributed by atoms with van der Waals surface area (Å²) in [6.45, 7) is 2.08. The lowest BCUT2D eigenvalue weighted by molar-refractivity contribution is -0.125. The molecule has 0 bridgehead atoms. The van der Waals surface area contributed by atoms with Crippen LogP contribution in [0.2, 0.25) is 0 Å². The molecule has 0 spiro atoms. The van der Waals surface area contributed by atoms with E-state index in [1.54, 1.807) is 7.11 Å². The monoisotopic (exact) mass is 336 g/mol. The summed E-state index contributed by atoms with van der Waals surface area (Å²) >= 11 is 0. The minimum atomic E-state index is 0.0353. The van der Waals surface area contributed by atoms with Crippen LogP contribution >= 0.6 is 0 Å². The molecule has 0 saturated carbocycles. The zero-order chi connectivity index (χ0) is 17.4. The average molecular weight is 336 g/mol. The number of nitrogens with zero attached hydrogens (tertiary/aromatic N) is 1. The number of aromatic nitrogens is 2. The summed E-state index contributed by atoms with van der Waals surface area (Å²) in [6, 6.07) is 14.1. The van der Waals surface area contributed by atoms with E-state index in [2.05, 4.69) is 39.9 Å². The topological polar surface area (TPSA) is 79.0 Å². The molecule has 2 heterocycles. The molecule has 2 aromatic carbocycles. The van der Waals surface area contributed by atoms with Gasteiger partial charge in [-0.1, -0.05) is 13.0 Å². The van der Waals surface area contributed by atoms with Crippen LogP contribution in [0.1, 0.15) is 24.9 Å². The van der Waals surface area contributed by atoms with Crippen molar-refractivity contribution in [3.63, 3.8) is 0 Å². The highest BCUT2D eigenvalue weighted by Crippen LogP contribution is 2.29. The van der Waals surface area contributed by atoms with E-state index in [-0.39, 0.29) is 17.9 Å². The van der Waals surface area contributed by atoms with Crippen molar-refractivity contribution < 1.29 is 9.53 Å². The van der Waals surface area contributed by atoms with Gasteiger partial charge in [-0.2, -0.15) is 0 Å². The molecular weight excluding hydrogens is 316 g/mol. The maximum Gasteiger partial charge on any atom is 0.234 e. The second-order valence-electron chi connectivity index (χ2n) is 6.44. The van der Waals surface area contributed by atoms with Crippen molar-refractivity contribution in [3.05, 3.63) is 48.0 Å². The van der Waals surface area contributed by atoms with E-state index in [9.17, 15) is 4.79 Å². The molecule has 25 heavy (non-hydrogen) atoms. The van der Waals surface area contributed by atoms with Gasteiger partial charge in [0.2, 0.25) is 5.91 Å². The lowest BCUT2D eigenvalue weighted by Gasteiger charge is -2.30. The first-order valence-corrected chi connectivity index (χ1v) is 8.32. The van der Waals surface area contributed by atoms with Crippen molar-refractivity contribution in [2.24, 2.45) is 5.92 Å². The molecule has 3 aromatic rings. The Morgan fingerprint density at radius 3 is 2.68 bits per heavy atom. The van der Waals surface area contributed by atoms with Crippen LogP contribution in [0, 0.1) is 5.92 Å². The van der Waals surface area contributed by atoms with E-state index < -0.39 is 0 Å². The van der Waals surface area contributed by atoms with Crippen molar-refractivity contribution in [2.75, 3.05) is 7.11 Å². The third-order valence-corrected chi connectivity index (χ3v) is 4.67. The number of nitrogens with one attached hydrogen (secondary N) is 3. The molecule has 2 unspecified atom stereocenters.